The van der Waals surface area contributed by atoms with Crippen LogP contribution in [0.2, 0.25) is 0 Å². The van der Waals surface area contributed by atoms with Crippen molar-refractivity contribution in [3.05, 3.63) is 22.1 Å². The number of hydrogen-bond acceptors (Lipinski definition) is 3. The van der Waals surface area contributed by atoms with Gasteiger partial charge in [0, 0.05) is 18.8 Å². The summed E-state index contributed by atoms with van der Waals surface area (Å²) in [4.78, 5) is 10.9. The van der Waals surface area contributed by atoms with E-state index in [1.165, 1.54) is 20.2 Å². The van der Waals surface area contributed by atoms with E-state index in [-0.39, 0.29) is 11.3 Å². The SMILES string of the molecule is Cc1c(O)cn(C)c(=O)c1O. The lowest BCUT2D eigenvalue weighted by Gasteiger charge is -2.03. The van der Waals surface area contributed by atoms with Gasteiger partial charge in [0.2, 0.25) is 0 Å². The van der Waals surface area contributed by atoms with E-state index in [1.54, 1.807) is 0 Å². The third kappa shape index (κ3) is 1.07. The smallest absolute Gasteiger partial charge is 0.292 e. The van der Waals surface area contributed by atoms with Gasteiger partial charge in [0.15, 0.2) is 5.75 Å². The molecule has 0 spiro atoms. The summed E-state index contributed by atoms with van der Waals surface area (Å²) in [6, 6.07) is 0. The third-order valence-corrected chi connectivity index (χ3v) is 1.58. The number of pyridine rings is 1. The van der Waals surface area contributed by atoms with E-state index in [4.69, 9.17) is 10.2 Å². The van der Waals surface area contributed by atoms with E-state index < -0.39 is 11.3 Å². The quantitative estimate of drug-likeness (QED) is 0.558. The second-order valence-electron chi connectivity index (χ2n) is 2.40. The predicted molar refractivity (Wildman–Crippen MR) is 39.7 cm³/mol. The molecule has 0 aliphatic carbocycles. The molecule has 0 fully saturated rings. The van der Waals surface area contributed by atoms with Crippen LogP contribution < -0.4 is 5.56 Å². The monoisotopic (exact) mass is 155 g/mol. The summed E-state index contributed by atoms with van der Waals surface area (Å²) in [5.41, 5.74) is -0.284. The van der Waals surface area contributed by atoms with Crippen molar-refractivity contribution in [1.29, 1.82) is 0 Å². The molecule has 0 aliphatic rings. The fourth-order valence-electron chi connectivity index (χ4n) is 0.788. The maximum atomic E-state index is 10.9. The van der Waals surface area contributed by atoms with Crippen molar-refractivity contribution in [1.82, 2.24) is 4.57 Å². The molecule has 1 rings (SSSR count). The Morgan fingerprint density at radius 2 is 2.00 bits per heavy atom. The maximum absolute atomic E-state index is 10.9. The van der Waals surface area contributed by atoms with Gasteiger partial charge in [-0.3, -0.25) is 4.79 Å². The highest BCUT2D eigenvalue weighted by molar-refractivity contribution is 5.38. The van der Waals surface area contributed by atoms with Gasteiger partial charge in [-0.25, -0.2) is 0 Å². The fourth-order valence-corrected chi connectivity index (χ4v) is 0.788. The summed E-state index contributed by atoms with van der Waals surface area (Å²) in [5, 5.41) is 18.2. The van der Waals surface area contributed by atoms with E-state index in [0.29, 0.717) is 0 Å². The zero-order chi connectivity index (χ0) is 8.59. The van der Waals surface area contributed by atoms with Crippen LogP contribution in [0, 0.1) is 6.92 Å². The van der Waals surface area contributed by atoms with Crippen LogP contribution in [0.15, 0.2) is 11.0 Å². The van der Waals surface area contributed by atoms with Crippen molar-refractivity contribution < 1.29 is 10.2 Å². The second-order valence-corrected chi connectivity index (χ2v) is 2.40. The molecule has 0 aromatic carbocycles. The molecule has 0 saturated heterocycles. The summed E-state index contributed by atoms with van der Waals surface area (Å²) in [5.74, 6) is -0.475. The van der Waals surface area contributed by atoms with Gasteiger partial charge in [-0.1, -0.05) is 0 Å². The van der Waals surface area contributed by atoms with Crippen molar-refractivity contribution in [3.63, 3.8) is 0 Å². The highest BCUT2D eigenvalue weighted by atomic mass is 16.3. The van der Waals surface area contributed by atoms with Crippen LogP contribution in [0.5, 0.6) is 11.5 Å². The number of aromatic hydroxyl groups is 2. The molecule has 0 aliphatic heterocycles. The number of hydrogen-bond donors (Lipinski definition) is 2. The molecule has 2 N–H and O–H groups in total. The topological polar surface area (TPSA) is 62.5 Å². The van der Waals surface area contributed by atoms with Crippen LogP contribution in [0.4, 0.5) is 0 Å². The molecule has 0 bridgehead atoms. The van der Waals surface area contributed by atoms with Gasteiger partial charge >= 0.3 is 0 Å². The molecule has 4 nitrogen and oxygen atoms in total. The van der Waals surface area contributed by atoms with Crippen LogP contribution in [0.3, 0.4) is 0 Å². The molecule has 60 valence electrons. The van der Waals surface area contributed by atoms with Gasteiger partial charge in [-0.15, -0.1) is 0 Å². The van der Waals surface area contributed by atoms with E-state index >= 15 is 0 Å². The summed E-state index contributed by atoms with van der Waals surface area (Å²) in [7, 11) is 1.46. The Bertz CT molecular complexity index is 340. The van der Waals surface area contributed by atoms with Crippen LogP contribution in [-0.4, -0.2) is 14.8 Å². The third-order valence-electron chi connectivity index (χ3n) is 1.58. The zero-order valence-corrected chi connectivity index (χ0v) is 6.33. The molecule has 4 heteroatoms. The number of rotatable bonds is 0. The Kier molecular flexibility index (Phi) is 1.60. The highest BCUT2D eigenvalue weighted by Gasteiger charge is 2.07. The first kappa shape index (κ1) is 7.65. The maximum Gasteiger partial charge on any atom is 0.292 e. The molecule has 11 heavy (non-hydrogen) atoms. The summed E-state index contributed by atoms with van der Waals surface area (Å²) in [6.07, 6.45) is 1.26. The molecule has 0 radical (unpaired) electrons. The summed E-state index contributed by atoms with van der Waals surface area (Å²) in [6.45, 7) is 1.48. The van der Waals surface area contributed by atoms with Gasteiger partial charge in [-0.2, -0.15) is 0 Å². The average molecular weight is 155 g/mol. The predicted octanol–water partition coefficient (Wildman–Crippen LogP) is 0.105. The van der Waals surface area contributed by atoms with Crippen molar-refractivity contribution in [2.75, 3.05) is 0 Å². The first-order chi connectivity index (χ1) is 5.04. The van der Waals surface area contributed by atoms with Gasteiger partial charge < -0.3 is 14.8 Å². The second kappa shape index (κ2) is 2.30. The van der Waals surface area contributed by atoms with Gasteiger partial charge in [0.25, 0.3) is 5.56 Å². The molecular formula is C7H9NO3. The lowest BCUT2D eigenvalue weighted by atomic mass is 10.2. The van der Waals surface area contributed by atoms with Crippen LogP contribution >= 0.6 is 0 Å². The van der Waals surface area contributed by atoms with Gasteiger partial charge in [0.05, 0.1) is 0 Å². The Morgan fingerprint density at radius 1 is 1.45 bits per heavy atom. The largest absolute Gasteiger partial charge is 0.506 e. The van der Waals surface area contributed by atoms with Crippen LogP contribution in [0.1, 0.15) is 5.56 Å². The first-order valence-electron chi connectivity index (χ1n) is 3.12. The lowest BCUT2D eigenvalue weighted by Crippen LogP contribution is -2.15. The number of aryl methyl sites for hydroxylation is 1. The van der Waals surface area contributed by atoms with E-state index in [9.17, 15) is 4.79 Å². The Balaban J connectivity index is 3.59. The van der Waals surface area contributed by atoms with E-state index in [1.807, 2.05) is 0 Å². The fraction of sp³-hybridized carbons (Fsp3) is 0.286. The van der Waals surface area contributed by atoms with Crippen molar-refractivity contribution in [2.24, 2.45) is 7.05 Å². The normalized spacial score (nSPS) is 10.0. The number of aromatic nitrogens is 1. The summed E-state index contributed by atoms with van der Waals surface area (Å²) >= 11 is 0. The minimum Gasteiger partial charge on any atom is -0.506 e. The molecule has 1 heterocycles. The highest BCUT2D eigenvalue weighted by Crippen LogP contribution is 2.19. The Morgan fingerprint density at radius 3 is 2.55 bits per heavy atom. The summed E-state index contributed by atoms with van der Waals surface area (Å²) < 4.78 is 1.12. The zero-order valence-electron chi connectivity index (χ0n) is 6.33. The first-order valence-corrected chi connectivity index (χ1v) is 3.12. The van der Waals surface area contributed by atoms with Crippen molar-refractivity contribution in [3.8, 4) is 11.5 Å². The molecule has 0 saturated carbocycles. The van der Waals surface area contributed by atoms with Gasteiger partial charge in [0.1, 0.15) is 5.75 Å². The van der Waals surface area contributed by atoms with Crippen molar-refractivity contribution >= 4 is 0 Å². The molecule has 0 unspecified atom stereocenters. The number of nitrogens with zero attached hydrogens (tertiary/aromatic N) is 1. The minimum absolute atomic E-state index is 0.0791. The lowest BCUT2D eigenvalue weighted by molar-refractivity contribution is 0.427. The Labute approximate surface area is 63.3 Å². The van der Waals surface area contributed by atoms with Crippen LogP contribution in [-0.2, 0) is 7.05 Å². The standard InChI is InChI=1S/C7H9NO3/c1-4-5(9)3-8(2)7(11)6(4)10/h3,9-10H,1-2H3. The van der Waals surface area contributed by atoms with Gasteiger partial charge in [-0.05, 0) is 6.92 Å². The molecule has 1 aromatic rings. The van der Waals surface area contributed by atoms with E-state index in [2.05, 4.69) is 0 Å². The molecule has 0 amide bonds. The van der Waals surface area contributed by atoms with Crippen molar-refractivity contribution in [2.45, 2.75) is 6.92 Å². The molecule has 1 aromatic heterocycles. The molecular weight excluding hydrogens is 146 g/mol. The minimum atomic E-state index is -0.500. The average Bonchev–Trinajstić information content (AvgIpc) is 1.97. The Hall–Kier alpha value is -1.45. The van der Waals surface area contributed by atoms with E-state index in [0.717, 1.165) is 4.57 Å². The molecule has 0 atom stereocenters. The van der Waals surface area contributed by atoms with Crippen LogP contribution in [0.25, 0.3) is 0 Å².